The first-order valence-electron chi connectivity index (χ1n) is 17.8. The Morgan fingerprint density at radius 1 is 0.809 bits per heavy atom. The summed E-state index contributed by atoms with van der Waals surface area (Å²) in [5.41, 5.74) is -4.72. The monoisotopic (exact) mass is 664 g/mol. The van der Waals surface area contributed by atoms with Gasteiger partial charge in [-0.15, -0.1) is 0 Å². The summed E-state index contributed by atoms with van der Waals surface area (Å²) in [7, 11) is 1.58. The van der Waals surface area contributed by atoms with Crippen LogP contribution in [-0.4, -0.2) is 75.7 Å². The average Bonchev–Trinajstić information content (AvgIpc) is 3.26. The highest BCUT2D eigenvalue weighted by Crippen LogP contribution is 2.61. The fraction of sp³-hybridized carbons (Fsp3) is 0.892. The van der Waals surface area contributed by atoms with E-state index in [1.54, 1.807) is 27.9 Å². The van der Waals surface area contributed by atoms with Gasteiger partial charge >= 0.3 is 23.9 Å². The van der Waals surface area contributed by atoms with E-state index >= 15 is 0 Å². The van der Waals surface area contributed by atoms with Crippen LogP contribution >= 0.6 is 0 Å². The van der Waals surface area contributed by atoms with Crippen LogP contribution in [0.15, 0.2) is 0 Å². The van der Waals surface area contributed by atoms with Crippen molar-refractivity contribution in [2.45, 2.75) is 125 Å². The molecule has 4 bridgehead atoms. The second-order valence-electron chi connectivity index (χ2n) is 16.8. The number of hydrogen-bond donors (Lipinski definition) is 0. The number of methoxy groups -OCH3 is 1. The lowest BCUT2D eigenvalue weighted by atomic mass is 9.49. The van der Waals surface area contributed by atoms with Gasteiger partial charge in [-0.1, -0.05) is 27.7 Å². The summed E-state index contributed by atoms with van der Waals surface area (Å²) >= 11 is 0. The molecule has 47 heavy (non-hydrogen) atoms. The predicted molar refractivity (Wildman–Crippen MR) is 174 cm³/mol. The van der Waals surface area contributed by atoms with Crippen LogP contribution in [0.3, 0.4) is 0 Å². The minimum absolute atomic E-state index is 0.0286. The molecule has 10 heteroatoms. The smallest absolute Gasteiger partial charge is 0.348 e. The van der Waals surface area contributed by atoms with Crippen molar-refractivity contribution in [2.24, 2.45) is 45.3 Å². The van der Waals surface area contributed by atoms with Crippen LogP contribution in [0.4, 0.5) is 0 Å². The van der Waals surface area contributed by atoms with Crippen LogP contribution < -0.4 is 0 Å². The molecule has 4 aliphatic carbocycles. The molecule has 3 atom stereocenters. The Bertz CT molecular complexity index is 1130. The average molecular weight is 665 g/mol. The summed E-state index contributed by atoms with van der Waals surface area (Å²) in [5, 5.41) is 0. The summed E-state index contributed by atoms with van der Waals surface area (Å²) in [6.07, 6.45) is 5.97. The number of carbonyl (C=O) groups excluding carboxylic acids is 4. The van der Waals surface area contributed by atoms with Crippen LogP contribution in [0.5, 0.6) is 0 Å². The minimum Gasteiger partial charge on any atom is -0.463 e. The highest BCUT2D eigenvalue weighted by atomic mass is 16.6. The zero-order valence-corrected chi connectivity index (χ0v) is 30.4. The summed E-state index contributed by atoms with van der Waals surface area (Å²) in [5.74, 6) is 0.164. The second kappa shape index (κ2) is 14.3. The maximum atomic E-state index is 14.4. The quantitative estimate of drug-likeness (QED) is 0.103. The molecule has 0 aromatic carbocycles. The van der Waals surface area contributed by atoms with E-state index in [0.717, 1.165) is 43.9 Å². The number of cyclic esters (lactones) is 1. The molecule has 1 heterocycles. The van der Waals surface area contributed by atoms with Gasteiger partial charge in [0.2, 0.25) is 6.10 Å². The van der Waals surface area contributed by atoms with Gasteiger partial charge < -0.3 is 28.4 Å². The van der Waals surface area contributed by atoms with Crippen molar-refractivity contribution in [3.8, 4) is 0 Å². The molecule has 0 amide bonds. The van der Waals surface area contributed by atoms with E-state index in [-0.39, 0.29) is 38.6 Å². The molecule has 5 rings (SSSR count). The number of carbonyl (C=O) groups is 4. The molecule has 0 N–H and O–H groups in total. The Morgan fingerprint density at radius 3 is 1.91 bits per heavy atom. The van der Waals surface area contributed by atoms with Crippen molar-refractivity contribution in [1.29, 1.82) is 0 Å². The van der Waals surface area contributed by atoms with Gasteiger partial charge in [-0.05, 0) is 109 Å². The van der Waals surface area contributed by atoms with Crippen LogP contribution in [-0.2, 0) is 47.6 Å². The molecule has 5 aliphatic rings. The topological polar surface area (TPSA) is 124 Å². The third-order valence-corrected chi connectivity index (χ3v) is 11.9. The van der Waals surface area contributed by atoms with Crippen LogP contribution in [0.2, 0.25) is 0 Å². The molecule has 0 spiro atoms. The number of ether oxygens (including phenoxy) is 6. The van der Waals surface area contributed by atoms with Gasteiger partial charge in [-0.25, -0.2) is 4.79 Å². The Morgan fingerprint density at radius 2 is 1.40 bits per heavy atom. The number of rotatable bonds is 17. The summed E-state index contributed by atoms with van der Waals surface area (Å²) in [4.78, 5) is 54.8. The number of esters is 4. The van der Waals surface area contributed by atoms with Gasteiger partial charge in [0.25, 0.3) is 0 Å². The third kappa shape index (κ3) is 7.84. The molecule has 5 fully saturated rings. The fourth-order valence-electron chi connectivity index (χ4n) is 9.37. The zero-order chi connectivity index (χ0) is 34.8. The molecular formula is C37H60O10. The second-order valence-corrected chi connectivity index (χ2v) is 16.8. The lowest BCUT2D eigenvalue weighted by Gasteiger charge is -2.60. The zero-order valence-electron chi connectivity index (χ0n) is 30.4. The van der Waals surface area contributed by atoms with E-state index in [4.69, 9.17) is 28.4 Å². The van der Waals surface area contributed by atoms with E-state index in [1.807, 2.05) is 27.7 Å². The molecule has 1 saturated heterocycles. The normalized spacial score (nSPS) is 31.9. The SMILES string of the molecule is CCC(C)(CC(C)(CC(C)(C)C(=O)OCCOCCOC)C(=O)OC1C(=O)OCC1(C)C)C(=O)OC1(CC)C2CC3CC(C2)CC1C3. The van der Waals surface area contributed by atoms with Crippen molar-refractivity contribution in [2.75, 3.05) is 40.1 Å². The van der Waals surface area contributed by atoms with Gasteiger partial charge in [-0.2, -0.15) is 0 Å². The Labute approximate surface area is 281 Å². The van der Waals surface area contributed by atoms with E-state index in [0.29, 0.717) is 31.5 Å². The molecule has 0 aromatic rings. The van der Waals surface area contributed by atoms with E-state index in [1.165, 1.54) is 6.42 Å². The van der Waals surface area contributed by atoms with Gasteiger partial charge in [0.1, 0.15) is 18.8 Å². The summed E-state index contributed by atoms with van der Waals surface area (Å²) in [6.45, 7) is 15.9. The van der Waals surface area contributed by atoms with Crippen molar-refractivity contribution in [3.05, 3.63) is 0 Å². The molecule has 4 saturated carbocycles. The van der Waals surface area contributed by atoms with Gasteiger partial charge in [0.15, 0.2) is 0 Å². The first-order chi connectivity index (χ1) is 21.9. The van der Waals surface area contributed by atoms with Gasteiger partial charge in [-0.3, -0.25) is 14.4 Å². The van der Waals surface area contributed by atoms with E-state index in [9.17, 15) is 19.2 Å². The predicted octanol–water partition coefficient (Wildman–Crippen LogP) is 6.06. The number of hydrogen-bond acceptors (Lipinski definition) is 10. The van der Waals surface area contributed by atoms with Crippen LogP contribution in [0, 0.1) is 45.3 Å². The first-order valence-corrected chi connectivity index (χ1v) is 17.8. The summed E-state index contributed by atoms with van der Waals surface area (Å²) in [6, 6.07) is 0. The van der Waals surface area contributed by atoms with Crippen molar-refractivity contribution in [1.82, 2.24) is 0 Å². The third-order valence-electron chi connectivity index (χ3n) is 11.9. The standard InChI is InChI=1S/C37H60O10/c1-10-35(7,32(41)47-37(11-2)26-17-24-16-25(19-26)20-27(37)18-24)22-36(8,31(40)46-28-29(38)45-23-34(28,5)6)21-33(3,4)30(39)44-15-14-43-13-12-42-9/h24-28H,10-23H2,1-9H3. The van der Waals surface area contributed by atoms with Crippen LogP contribution in [0.25, 0.3) is 0 Å². The molecule has 0 aromatic heterocycles. The summed E-state index contributed by atoms with van der Waals surface area (Å²) < 4.78 is 33.9. The largest absolute Gasteiger partial charge is 0.463 e. The Kier molecular flexibility index (Phi) is 11.5. The minimum atomic E-state index is -1.34. The van der Waals surface area contributed by atoms with Crippen LogP contribution in [0.1, 0.15) is 113 Å². The lowest BCUT2D eigenvalue weighted by molar-refractivity contribution is -0.221. The molecule has 3 unspecified atom stereocenters. The van der Waals surface area contributed by atoms with Crippen molar-refractivity contribution in [3.63, 3.8) is 0 Å². The molecular weight excluding hydrogens is 604 g/mol. The highest BCUT2D eigenvalue weighted by molar-refractivity contribution is 5.86. The highest BCUT2D eigenvalue weighted by Gasteiger charge is 2.60. The maximum Gasteiger partial charge on any atom is 0.348 e. The van der Waals surface area contributed by atoms with E-state index < -0.39 is 51.3 Å². The van der Waals surface area contributed by atoms with E-state index in [2.05, 4.69) is 6.92 Å². The molecule has 1 aliphatic heterocycles. The first kappa shape index (κ1) is 37.6. The van der Waals surface area contributed by atoms with Gasteiger partial charge in [0, 0.05) is 12.5 Å². The lowest BCUT2D eigenvalue weighted by Crippen LogP contribution is -2.60. The van der Waals surface area contributed by atoms with Crippen molar-refractivity contribution < 1.29 is 47.6 Å². The fourth-order valence-corrected chi connectivity index (χ4v) is 9.37. The molecule has 10 nitrogen and oxygen atoms in total. The van der Waals surface area contributed by atoms with Crippen molar-refractivity contribution >= 4 is 23.9 Å². The molecule has 268 valence electrons. The molecule has 0 radical (unpaired) electrons. The maximum absolute atomic E-state index is 14.4. The Balaban J connectivity index is 1.56. The Hall–Kier alpha value is -2.20. The van der Waals surface area contributed by atoms with Gasteiger partial charge in [0.05, 0.1) is 36.1 Å².